The normalized spacial score (nSPS) is 9.38. The molecule has 0 radical (unpaired) electrons. The Morgan fingerprint density at radius 2 is 2.15 bits per heavy atom. The van der Waals surface area contributed by atoms with Gasteiger partial charge in [-0.25, -0.2) is 4.79 Å². The summed E-state index contributed by atoms with van der Waals surface area (Å²) in [5.74, 6) is 0. The number of carbonyl (C=O) groups is 1. The third-order valence-electron chi connectivity index (χ3n) is 1.68. The Kier molecular flexibility index (Phi) is 2.74. The summed E-state index contributed by atoms with van der Waals surface area (Å²) in [7, 11) is 1.56. The van der Waals surface area contributed by atoms with Gasteiger partial charge in [-0.1, -0.05) is 6.07 Å². The molecule has 13 heavy (non-hydrogen) atoms. The van der Waals surface area contributed by atoms with Crippen molar-refractivity contribution in [1.29, 1.82) is 0 Å². The maximum absolute atomic E-state index is 10.9. The van der Waals surface area contributed by atoms with Gasteiger partial charge in [0.15, 0.2) is 0 Å². The van der Waals surface area contributed by atoms with Gasteiger partial charge in [-0.2, -0.15) is 0 Å². The van der Waals surface area contributed by atoms with Gasteiger partial charge < -0.3 is 16.4 Å². The molecular formula is C9H13N3O. The van der Waals surface area contributed by atoms with Crippen LogP contribution in [0, 0.1) is 6.92 Å². The number of benzene rings is 1. The smallest absolute Gasteiger partial charge is 0.319 e. The number of nitrogens with one attached hydrogen (secondary N) is 2. The van der Waals surface area contributed by atoms with E-state index >= 15 is 0 Å². The largest absolute Gasteiger partial charge is 0.397 e. The Labute approximate surface area is 77.1 Å². The molecule has 1 rings (SSSR count). The second-order valence-corrected chi connectivity index (χ2v) is 2.79. The molecule has 0 heterocycles. The average Bonchev–Trinajstić information content (AvgIpc) is 2.09. The number of amides is 2. The van der Waals surface area contributed by atoms with Gasteiger partial charge in [0, 0.05) is 7.05 Å². The molecule has 0 aliphatic rings. The fraction of sp³-hybridized carbons (Fsp3) is 0.222. The van der Waals surface area contributed by atoms with Crippen molar-refractivity contribution in [1.82, 2.24) is 5.32 Å². The van der Waals surface area contributed by atoms with Gasteiger partial charge in [0.2, 0.25) is 0 Å². The monoisotopic (exact) mass is 179 g/mol. The molecule has 0 aliphatic carbocycles. The van der Waals surface area contributed by atoms with E-state index in [2.05, 4.69) is 10.6 Å². The minimum absolute atomic E-state index is 0.268. The van der Waals surface area contributed by atoms with E-state index in [1.54, 1.807) is 13.1 Å². The third kappa shape index (κ3) is 2.37. The highest BCUT2D eigenvalue weighted by Gasteiger charge is 2.01. The topological polar surface area (TPSA) is 67.2 Å². The Morgan fingerprint density at radius 3 is 2.69 bits per heavy atom. The zero-order valence-electron chi connectivity index (χ0n) is 7.72. The predicted octanol–water partition coefficient (Wildman–Crippen LogP) is 1.33. The lowest BCUT2D eigenvalue weighted by atomic mass is 10.2. The van der Waals surface area contributed by atoms with E-state index in [0.29, 0.717) is 11.4 Å². The molecule has 0 aliphatic heterocycles. The molecule has 4 nitrogen and oxygen atoms in total. The maximum Gasteiger partial charge on any atom is 0.319 e. The third-order valence-corrected chi connectivity index (χ3v) is 1.68. The van der Waals surface area contributed by atoms with Crippen molar-refractivity contribution in [3.8, 4) is 0 Å². The highest BCUT2D eigenvalue weighted by molar-refractivity contribution is 5.92. The molecule has 2 amide bonds. The predicted molar refractivity (Wildman–Crippen MR) is 53.7 cm³/mol. The first-order valence-electron chi connectivity index (χ1n) is 3.98. The van der Waals surface area contributed by atoms with Crippen LogP contribution in [0.2, 0.25) is 0 Å². The molecule has 0 saturated heterocycles. The highest BCUT2D eigenvalue weighted by atomic mass is 16.2. The van der Waals surface area contributed by atoms with Crippen LogP contribution >= 0.6 is 0 Å². The number of urea groups is 1. The van der Waals surface area contributed by atoms with E-state index in [1.807, 2.05) is 19.1 Å². The molecule has 0 spiro atoms. The first-order chi connectivity index (χ1) is 6.13. The van der Waals surface area contributed by atoms with Gasteiger partial charge in [0.25, 0.3) is 0 Å². The summed E-state index contributed by atoms with van der Waals surface area (Å²) in [6.45, 7) is 1.94. The van der Waals surface area contributed by atoms with Crippen LogP contribution in [0.4, 0.5) is 16.2 Å². The van der Waals surface area contributed by atoms with E-state index in [0.717, 1.165) is 5.56 Å². The lowest BCUT2D eigenvalue weighted by Gasteiger charge is -2.07. The Bertz CT molecular complexity index is 323. The molecular weight excluding hydrogens is 166 g/mol. The molecule has 1 aromatic carbocycles. The summed E-state index contributed by atoms with van der Waals surface area (Å²) in [6.07, 6.45) is 0. The minimum atomic E-state index is -0.268. The van der Waals surface area contributed by atoms with Gasteiger partial charge in [-0.05, 0) is 24.6 Å². The molecule has 1 aromatic rings. The van der Waals surface area contributed by atoms with Crippen LogP contribution in [0.1, 0.15) is 5.56 Å². The first kappa shape index (κ1) is 9.38. The quantitative estimate of drug-likeness (QED) is 0.569. The van der Waals surface area contributed by atoms with E-state index in [1.165, 1.54) is 0 Å². The number of nitrogens with two attached hydrogens (primary N) is 1. The van der Waals surface area contributed by atoms with Crippen LogP contribution in [0.5, 0.6) is 0 Å². The van der Waals surface area contributed by atoms with Gasteiger partial charge in [0.1, 0.15) is 0 Å². The lowest BCUT2D eigenvalue weighted by molar-refractivity contribution is 0.254. The molecule has 0 saturated carbocycles. The van der Waals surface area contributed by atoms with E-state index in [9.17, 15) is 4.79 Å². The fourth-order valence-corrected chi connectivity index (χ4v) is 0.981. The van der Waals surface area contributed by atoms with Gasteiger partial charge >= 0.3 is 6.03 Å². The van der Waals surface area contributed by atoms with Crippen LogP contribution in [0.15, 0.2) is 18.2 Å². The van der Waals surface area contributed by atoms with Crippen molar-refractivity contribution in [3.63, 3.8) is 0 Å². The summed E-state index contributed by atoms with van der Waals surface area (Å²) in [5, 5.41) is 5.06. The Balaban J connectivity index is 2.83. The number of nitrogen functional groups attached to an aromatic ring is 1. The van der Waals surface area contributed by atoms with E-state index in [-0.39, 0.29) is 6.03 Å². The van der Waals surface area contributed by atoms with Crippen molar-refractivity contribution in [2.24, 2.45) is 0 Å². The van der Waals surface area contributed by atoms with Crippen molar-refractivity contribution in [3.05, 3.63) is 23.8 Å². The highest BCUT2D eigenvalue weighted by Crippen LogP contribution is 2.18. The second kappa shape index (κ2) is 3.80. The maximum atomic E-state index is 10.9. The molecule has 0 unspecified atom stereocenters. The van der Waals surface area contributed by atoms with Crippen molar-refractivity contribution < 1.29 is 4.79 Å². The summed E-state index contributed by atoms with van der Waals surface area (Å²) in [6, 6.07) is 5.21. The number of hydrogen-bond donors (Lipinski definition) is 3. The molecule has 70 valence electrons. The molecule has 0 fully saturated rings. The van der Waals surface area contributed by atoms with Crippen LogP contribution in [0.3, 0.4) is 0 Å². The summed E-state index contributed by atoms with van der Waals surface area (Å²) < 4.78 is 0. The molecule has 4 heteroatoms. The average molecular weight is 179 g/mol. The number of rotatable bonds is 1. The number of aryl methyl sites for hydroxylation is 1. The number of carbonyl (C=O) groups excluding carboxylic acids is 1. The van der Waals surface area contributed by atoms with Crippen LogP contribution < -0.4 is 16.4 Å². The van der Waals surface area contributed by atoms with Crippen LogP contribution in [0.25, 0.3) is 0 Å². The number of anilines is 2. The zero-order valence-corrected chi connectivity index (χ0v) is 7.72. The first-order valence-corrected chi connectivity index (χ1v) is 3.98. The summed E-state index contributed by atoms with van der Waals surface area (Å²) in [4.78, 5) is 10.9. The van der Waals surface area contributed by atoms with Crippen molar-refractivity contribution in [2.45, 2.75) is 6.92 Å². The summed E-state index contributed by atoms with van der Waals surface area (Å²) >= 11 is 0. The van der Waals surface area contributed by atoms with Crippen LogP contribution in [-0.4, -0.2) is 13.1 Å². The standard InChI is InChI=1S/C9H13N3O/c1-6-3-4-8(7(10)5-6)12-9(13)11-2/h3-5H,10H2,1-2H3,(H2,11,12,13). The van der Waals surface area contributed by atoms with Gasteiger partial charge in [-0.15, -0.1) is 0 Å². The lowest BCUT2D eigenvalue weighted by Crippen LogP contribution is -2.24. The van der Waals surface area contributed by atoms with Gasteiger partial charge in [0.05, 0.1) is 11.4 Å². The van der Waals surface area contributed by atoms with Crippen LogP contribution in [-0.2, 0) is 0 Å². The van der Waals surface area contributed by atoms with Crippen molar-refractivity contribution >= 4 is 17.4 Å². The number of hydrogen-bond acceptors (Lipinski definition) is 2. The molecule has 0 bridgehead atoms. The molecule has 0 aromatic heterocycles. The van der Waals surface area contributed by atoms with Crippen molar-refractivity contribution in [2.75, 3.05) is 18.1 Å². The molecule has 0 atom stereocenters. The Hall–Kier alpha value is -1.71. The van der Waals surface area contributed by atoms with E-state index < -0.39 is 0 Å². The van der Waals surface area contributed by atoms with E-state index in [4.69, 9.17) is 5.73 Å². The fourth-order valence-electron chi connectivity index (χ4n) is 0.981. The SMILES string of the molecule is CNC(=O)Nc1ccc(C)cc1N. The molecule has 4 N–H and O–H groups in total. The minimum Gasteiger partial charge on any atom is -0.397 e. The van der Waals surface area contributed by atoms with Gasteiger partial charge in [-0.3, -0.25) is 0 Å². The zero-order chi connectivity index (χ0) is 9.84. The second-order valence-electron chi connectivity index (χ2n) is 2.79. The summed E-state index contributed by atoms with van der Waals surface area (Å²) in [5.41, 5.74) is 7.95. The Morgan fingerprint density at radius 1 is 1.46 bits per heavy atom.